The summed E-state index contributed by atoms with van der Waals surface area (Å²) in [5, 5.41) is 5.54. The summed E-state index contributed by atoms with van der Waals surface area (Å²) in [7, 11) is 0. The first-order valence-electron chi connectivity index (χ1n) is 14.7. The van der Waals surface area contributed by atoms with Gasteiger partial charge in [-0.3, -0.25) is 0 Å². The lowest BCUT2D eigenvalue weighted by Gasteiger charge is -2.15. The molecular weight excluding hydrogens is 589 g/mol. The van der Waals surface area contributed by atoms with Gasteiger partial charge >= 0.3 is 6.03 Å². The zero-order chi connectivity index (χ0) is 27.7. The highest BCUT2D eigenvalue weighted by Crippen LogP contribution is 2.26. The topological polar surface area (TPSA) is 53.6 Å². The molecule has 0 fully saturated rings. The van der Waals surface area contributed by atoms with E-state index in [1.54, 1.807) is 12.1 Å². The van der Waals surface area contributed by atoms with Crippen LogP contribution in [0.4, 0.5) is 20.6 Å². The number of amides is 2. The lowest BCUT2D eigenvalue weighted by Crippen LogP contribution is -2.20. The van der Waals surface area contributed by atoms with Crippen molar-refractivity contribution in [3.63, 3.8) is 0 Å². The summed E-state index contributed by atoms with van der Waals surface area (Å²) < 4.78 is 20.2. The number of rotatable bonds is 18. The van der Waals surface area contributed by atoms with Gasteiger partial charge in [0.15, 0.2) is 11.6 Å². The van der Waals surface area contributed by atoms with Crippen molar-refractivity contribution < 1.29 is 13.9 Å². The molecule has 0 atom stereocenters. The average molecular weight is 637 g/mol. The van der Waals surface area contributed by atoms with Gasteiger partial charge in [0.2, 0.25) is 0 Å². The van der Waals surface area contributed by atoms with Crippen LogP contribution >= 0.6 is 28.7 Å². The number of hydrogen-bond donors (Lipinski definition) is 2. The molecule has 40 heavy (non-hydrogen) atoms. The Hall–Kier alpha value is -2.19. The SMILES string of the molecule is Br.CCCCCCCCCCCCCCOc1ccc(NC(=O)Nc2cccc(CN3C=C(C)SC3)c2)cc1F. The fraction of sp³-hybridized carbons (Fsp3) is 0.531. The number of hydrogen-bond acceptors (Lipinski definition) is 4. The predicted molar refractivity (Wildman–Crippen MR) is 174 cm³/mol. The predicted octanol–water partition coefficient (Wildman–Crippen LogP) is 10.5. The van der Waals surface area contributed by atoms with E-state index in [9.17, 15) is 9.18 Å². The van der Waals surface area contributed by atoms with E-state index in [0.29, 0.717) is 18.0 Å². The number of unbranched alkanes of at least 4 members (excludes halogenated alkanes) is 11. The monoisotopic (exact) mass is 635 g/mol. The summed E-state index contributed by atoms with van der Waals surface area (Å²) >= 11 is 1.82. The van der Waals surface area contributed by atoms with E-state index >= 15 is 0 Å². The number of ether oxygens (including phenoxy) is 1. The van der Waals surface area contributed by atoms with Crippen LogP contribution in [0.3, 0.4) is 0 Å². The third-order valence-electron chi connectivity index (χ3n) is 6.84. The van der Waals surface area contributed by atoms with Crippen LogP contribution in [0.15, 0.2) is 53.6 Å². The Bertz CT molecular complexity index is 1050. The molecule has 0 aliphatic carbocycles. The Labute approximate surface area is 255 Å². The second kappa shape index (κ2) is 19.8. The molecule has 0 saturated carbocycles. The molecule has 1 heterocycles. The van der Waals surface area contributed by atoms with Crippen LogP contribution in [0.25, 0.3) is 0 Å². The highest BCUT2D eigenvalue weighted by molar-refractivity contribution is 8.93. The van der Waals surface area contributed by atoms with E-state index in [-0.39, 0.29) is 22.7 Å². The van der Waals surface area contributed by atoms with Crippen molar-refractivity contribution >= 4 is 46.1 Å². The van der Waals surface area contributed by atoms with Crippen LogP contribution < -0.4 is 15.4 Å². The minimum atomic E-state index is -0.472. The molecule has 8 heteroatoms. The molecule has 2 N–H and O–H groups in total. The number of carbonyl (C=O) groups is 1. The second-order valence-corrected chi connectivity index (χ2v) is 11.6. The smallest absolute Gasteiger partial charge is 0.323 e. The molecule has 1 aliphatic rings. The number of nitrogens with zero attached hydrogens (tertiary/aromatic N) is 1. The molecule has 1 aliphatic heterocycles. The third kappa shape index (κ3) is 13.4. The first kappa shape index (κ1) is 34.0. The van der Waals surface area contributed by atoms with E-state index in [4.69, 9.17) is 4.74 Å². The molecule has 2 aromatic carbocycles. The molecule has 2 aromatic rings. The quantitative estimate of drug-likeness (QED) is 0.160. The lowest BCUT2D eigenvalue weighted by atomic mass is 10.1. The van der Waals surface area contributed by atoms with Gasteiger partial charge in [0.05, 0.1) is 12.5 Å². The maximum absolute atomic E-state index is 14.5. The highest BCUT2D eigenvalue weighted by Gasteiger charge is 2.11. The van der Waals surface area contributed by atoms with Gasteiger partial charge in [-0.25, -0.2) is 9.18 Å². The Morgan fingerprint density at radius 1 is 0.900 bits per heavy atom. The van der Waals surface area contributed by atoms with Gasteiger partial charge in [-0.05, 0) is 48.1 Å². The molecule has 0 aromatic heterocycles. The largest absolute Gasteiger partial charge is 0.491 e. The number of nitrogens with one attached hydrogen (secondary N) is 2. The molecule has 3 rings (SSSR count). The van der Waals surface area contributed by atoms with Crippen LogP contribution in [-0.4, -0.2) is 23.4 Å². The maximum atomic E-state index is 14.5. The Morgan fingerprint density at radius 2 is 1.52 bits per heavy atom. The van der Waals surface area contributed by atoms with Crippen molar-refractivity contribution in [1.82, 2.24) is 4.90 Å². The summed E-state index contributed by atoms with van der Waals surface area (Å²) in [5.41, 5.74) is 2.19. The molecule has 0 bridgehead atoms. The number of thioether (sulfide) groups is 1. The summed E-state index contributed by atoms with van der Waals surface area (Å²) in [6.45, 7) is 5.65. The van der Waals surface area contributed by atoms with Crippen LogP contribution in [0, 0.1) is 5.82 Å². The van der Waals surface area contributed by atoms with Gasteiger partial charge in [0.1, 0.15) is 0 Å². The van der Waals surface area contributed by atoms with Crippen molar-refractivity contribution in [2.75, 3.05) is 23.1 Å². The minimum absolute atomic E-state index is 0. The first-order valence-corrected chi connectivity index (χ1v) is 15.7. The van der Waals surface area contributed by atoms with E-state index in [1.165, 1.54) is 75.2 Å². The van der Waals surface area contributed by atoms with Crippen LogP contribution in [-0.2, 0) is 6.54 Å². The van der Waals surface area contributed by atoms with Crippen LogP contribution in [0.5, 0.6) is 5.75 Å². The summed E-state index contributed by atoms with van der Waals surface area (Å²) in [6.07, 6.45) is 17.5. The summed E-state index contributed by atoms with van der Waals surface area (Å²) in [6, 6.07) is 11.9. The first-order chi connectivity index (χ1) is 19.0. The Morgan fingerprint density at radius 3 is 2.12 bits per heavy atom. The number of allylic oxidation sites excluding steroid dienone is 1. The number of halogens is 2. The standard InChI is InChI=1S/C32H46FN3O2S.BrH/c1-3-4-5-6-7-8-9-10-11-12-13-14-20-38-31-19-18-29(22-30(31)33)35-32(37)34-28-17-15-16-27(21-28)24-36-23-26(2)39-25-36;/h15-19,21-23H,3-14,20,24-25H2,1-2H3,(H2,34,35,37);1H. The summed E-state index contributed by atoms with van der Waals surface area (Å²) in [4.78, 5) is 16.0. The third-order valence-corrected chi connectivity index (χ3v) is 7.86. The molecule has 0 saturated heterocycles. The van der Waals surface area contributed by atoms with Gasteiger partial charge in [-0.2, -0.15) is 0 Å². The van der Waals surface area contributed by atoms with Crippen LogP contribution in [0.2, 0.25) is 0 Å². The van der Waals surface area contributed by atoms with Gasteiger partial charge in [0.25, 0.3) is 0 Å². The Balaban J connectivity index is 0.00000560. The average Bonchev–Trinajstić information content (AvgIpc) is 3.32. The van der Waals surface area contributed by atoms with Gasteiger partial charge in [0, 0.05) is 30.2 Å². The fourth-order valence-electron chi connectivity index (χ4n) is 4.70. The van der Waals surface area contributed by atoms with Gasteiger partial charge in [-0.15, -0.1) is 28.7 Å². The number of benzene rings is 2. The van der Waals surface area contributed by atoms with E-state index in [2.05, 4.69) is 35.6 Å². The summed E-state index contributed by atoms with van der Waals surface area (Å²) in [5.74, 6) is 0.691. The van der Waals surface area contributed by atoms with Crippen molar-refractivity contribution in [1.29, 1.82) is 0 Å². The van der Waals surface area contributed by atoms with Crippen LogP contribution in [0.1, 0.15) is 96.5 Å². The number of carbonyl (C=O) groups excluding carboxylic acids is 1. The molecule has 0 spiro atoms. The fourth-order valence-corrected chi connectivity index (χ4v) is 5.46. The normalized spacial score (nSPS) is 12.6. The minimum Gasteiger partial charge on any atom is -0.491 e. The van der Waals surface area contributed by atoms with E-state index in [0.717, 1.165) is 30.8 Å². The number of urea groups is 1. The van der Waals surface area contributed by atoms with Crippen molar-refractivity contribution in [3.8, 4) is 5.75 Å². The zero-order valence-corrected chi connectivity index (χ0v) is 26.7. The number of anilines is 2. The van der Waals surface area contributed by atoms with E-state index in [1.807, 2.05) is 36.0 Å². The lowest BCUT2D eigenvalue weighted by molar-refractivity contribution is 0.262. The Kier molecular flexibility index (Phi) is 16.8. The highest BCUT2D eigenvalue weighted by atomic mass is 79.9. The molecule has 222 valence electrons. The van der Waals surface area contributed by atoms with Crippen molar-refractivity contribution in [2.45, 2.75) is 97.4 Å². The molecular formula is C32H47BrFN3O2S. The molecule has 0 unspecified atom stereocenters. The molecule has 0 radical (unpaired) electrons. The molecule has 2 amide bonds. The van der Waals surface area contributed by atoms with Crippen molar-refractivity contribution in [2.24, 2.45) is 0 Å². The van der Waals surface area contributed by atoms with Gasteiger partial charge in [-0.1, -0.05) is 89.7 Å². The van der Waals surface area contributed by atoms with Crippen molar-refractivity contribution in [3.05, 3.63) is 65.0 Å². The maximum Gasteiger partial charge on any atom is 0.323 e. The zero-order valence-electron chi connectivity index (χ0n) is 24.2. The second-order valence-electron chi connectivity index (χ2n) is 10.4. The van der Waals surface area contributed by atoms with Gasteiger partial charge < -0.3 is 20.3 Å². The molecule has 5 nitrogen and oxygen atoms in total. The van der Waals surface area contributed by atoms with E-state index < -0.39 is 11.8 Å².